The maximum Gasteiger partial charge on any atom is 0.337 e. The van der Waals surface area contributed by atoms with E-state index in [2.05, 4.69) is 5.32 Å². The molecule has 1 aromatic carbocycles. The topological polar surface area (TPSA) is 56.8 Å². The number of esters is 1. The fourth-order valence-corrected chi connectivity index (χ4v) is 3.29. The zero-order chi connectivity index (χ0) is 14.8. The molecule has 2 aliphatic rings. The molecule has 0 spiro atoms. The number of carbonyl (C=O) groups is 1. The monoisotopic (exact) mass is 291 g/mol. The fourth-order valence-electron chi connectivity index (χ4n) is 3.29. The lowest BCUT2D eigenvalue weighted by molar-refractivity contribution is 0.0600. The second kappa shape index (κ2) is 5.93. The predicted octanol–water partition coefficient (Wildman–Crippen LogP) is 2.14. The van der Waals surface area contributed by atoms with Gasteiger partial charge >= 0.3 is 5.97 Å². The van der Waals surface area contributed by atoms with Gasteiger partial charge < -0.3 is 19.5 Å². The molecule has 1 aromatic rings. The number of nitrogens with one attached hydrogen (secondary N) is 1. The molecule has 2 atom stereocenters. The Morgan fingerprint density at radius 3 is 2.48 bits per heavy atom. The Bertz CT molecular complexity index is 519. The maximum absolute atomic E-state index is 11.6. The number of hydrogen-bond donors (Lipinski definition) is 1. The average molecular weight is 291 g/mol. The smallest absolute Gasteiger partial charge is 0.337 e. The normalized spacial score (nSPS) is 27.2. The Morgan fingerprint density at radius 2 is 1.86 bits per heavy atom. The molecule has 2 heterocycles. The van der Waals surface area contributed by atoms with Crippen molar-refractivity contribution in [2.45, 2.75) is 43.9 Å². The number of benzene rings is 1. The number of piperidine rings is 1. The highest BCUT2D eigenvalue weighted by Crippen LogP contribution is 2.34. The Labute approximate surface area is 124 Å². The summed E-state index contributed by atoms with van der Waals surface area (Å²) in [6, 6.07) is 6.31. The number of fused-ring (bicyclic) bond motifs is 2. The van der Waals surface area contributed by atoms with E-state index >= 15 is 0 Å². The Kier molecular flexibility index (Phi) is 4.01. The summed E-state index contributed by atoms with van der Waals surface area (Å²) < 4.78 is 16.2. The zero-order valence-corrected chi connectivity index (χ0v) is 12.4. The number of rotatable bonds is 4. The largest absolute Gasteiger partial charge is 0.493 e. The number of hydrogen-bond acceptors (Lipinski definition) is 5. The van der Waals surface area contributed by atoms with E-state index in [4.69, 9.17) is 14.2 Å². The van der Waals surface area contributed by atoms with Crippen LogP contribution in [-0.2, 0) is 4.74 Å². The molecule has 0 aromatic heterocycles. The van der Waals surface area contributed by atoms with E-state index in [1.54, 1.807) is 25.3 Å². The second-order valence-electron chi connectivity index (χ2n) is 5.71. The summed E-state index contributed by atoms with van der Waals surface area (Å²) >= 11 is 0. The van der Waals surface area contributed by atoms with E-state index < -0.39 is 0 Å². The molecule has 1 N–H and O–H groups in total. The molecule has 0 radical (unpaired) electrons. The van der Waals surface area contributed by atoms with Crippen LogP contribution in [-0.4, -0.2) is 38.4 Å². The summed E-state index contributed by atoms with van der Waals surface area (Å²) in [5, 5.41) is 3.59. The van der Waals surface area contributed by atoms with E-state index in [0.29, 0.717) is 29.1 Å². The van der Waals surface area contributed by atoms with Gasteiger partial charge in [-0.25, -0.2) is 4.79 Å². The highest BCUT2D eigenvalue weighted by Gasteiger charge is 2.34. The summed E-state index contributed by atoms with van der Waals surface area (Å²) in [6.07, 6.45) is 4.74. The van der Waals surface area contributed by atoms with Crippen LogP contribution in [0.1, 0.15) is 36.0 Å². The lowest BCUT2D eigenvalue weighted by Crippen LogP contribution is -2.42. The van der Waals surface area contributed by atoms with Gasteiger partial charge in [0.1, 0.15) is 6.10 Å². The lowest BCUT2D eigenvalue weighted by Gasteiger charge is -2.30. The van der Waals surface area contributed by atoms with Crippen molar-refractivity contribution >= 4 is 5.97 Å². The first-order valence-corrected chi connectivity index (χ1v) is 7.38. The van der Waals surface area contributed by atoms with E-state index in [9.17, 15) is 4.79 Å². The van der Waals surface area contributed by atoms with Crippen molar-refractivity contribution in [3.8, 4) is 11.5 Å². The molecule has 114 valence electrons. The van der Waals surface area contributed by atoms with Gasteiger partial charge in [-0.15, -0.1) is 0 Å². The first-order valence-electron chi connectivity index (χ1n) is 7.38. The Balaban J connectivity index is 1.74. The second-order valence-corrected chi connectivity index (χ2v) is 5.71. The molecule has 2 bridgehead atoms. The summed E-state index contributed by atoms with van der Waals surface area (Å²) in [5.41, 5.74) is 0.465. The number of methoxy groups -OCH3 is 2. The van der Waals surface area contributed by atoms with Crippen LogP contribution in [0.3, 0.4) is 0 Å². The number of carbonyl (C=O) groups excluding carboxylic acids is 1. The molecule has 2 saturated heterocycles. The summed E-state index contributed by atoms with van der Waals surface area (Å²) in [6.45, 7) is 0. The summed E-state index contributed by atoms with van der Waals surface area (Å²) in [5.74, 6) is 0.889. The fraction of sp³-hybridized carbons (Fsp3) is 0.562. The van der Waals surface area contributed by atoms with E-state index in [1.807, 2.05) is 0 Å². The van der Waals surface area contributed by atoms with Gasteiger partial charge in [0, 0.05) is 12.1 Å². The maximum atomic E-state index is 11.6. The van der Waals surface area contributed by atoms with Crippen LogP contribution in [0.2, 0.25) is 0 Å². The quantitative estimate of drug-likeness (QED) is 0.861. The van der Waals surface area contributed by atoms with Gasteiger partial charge in [-0.1, -0.05) is 0 Å². The van der Waals surface area contributed by atoms with Gasteiger partial charge in [0.15, 0.2) is 11.5 Å². The van der Waals surface area contributed by atoms with Crippen LogP contribution < -0.4 is 14.8 Å². The molecule has 2 aliphatic heterocycles. The van der Waals surface area contributed by atoms with Crippen molar-refractivity contribution in [2.75, 3.05) is 14.2 Å². The lowest BCUT2D eigenvalue weighted by atomic mass is 10.0. The van der Waals surface area contributed by atoms with Crippen molar-refractivity contribution in [1.82, 2.24) is 5.32 Å². The van der Waals surface area contributed by atoms with E-state index in [-0.39, 0.29) is 12.1 Å². The minimum absolute atomic E-state index is 0.210. The first-order chi connectivity index (χ1) is 10.2. The molecule has 0 aliphatic carbocycles. The molecule has 3 rings (SSSR count). The van der Waals surface area contributed by atoms with Crippen molar-refractivity contribution in [1.29, 1.82) is 0 Å². The van der Waals surface area contributed by atoms with Gasteiger partial charge in [0.05, 0.1) is 19.8 Å². The standard InChI is InChI=1S/C16H21NO4/c1-19-15-7-10(16(18)20-2)3-6-14(15)21-13-8-11-4-5-12(9-13)17-11/h3,6-7,11-13,17H,4-5,8-9H2,1-2H3. The van der Waals surface area contributed by atoms with E-state index in [1.165, 1.54) is 20.0 Å². The summed E-state index contributed by atoms with van der Waals surface area (Å²) in [4.78, 5) is 11.6. The van der Waals surface area contributed by atoms with Crippen LogP contribution in [0.25, 0.3) is 0 Å². The minimum Gasteiger partial charge on any atom is -0.493 e. The van der Waals surface area contributed by atoms with Gasteiger partial charge in [-0.2, -0.15) is 0 Å². The van der Waals surface area contributed by atoms with Gasteiger partial charge in [0.2, 0.25) is 0 Å². The highest BCUT2D eigenvalue weighted by molar-refractivity contribution is 5.90. The van der Waals surface area contributed by atoms with Crippen LogP contribution in [0, 0.1) is 0 Å². The third-order valence-electron chi connectivity index (χ3n) is 4.31. The van der Waals surface area contributed by atoms with Crippen LogP contribution >= 0.6 is 0 Å². The number of ether oxygens (including phenoxy) is 3. The molecule has 5 heteroatoms. The zero-order valence-electron chi connectivity index (χ0n) is 12.4. The molecule has 21 heavy (non-hydrogen) atoms. The molecule has 2 fully saturated rings. The van der Waals surface area contributed by atoms with Crippen LogP contribution in [0.15, 0.2) is 18.2 Å². The van der Waals surface area contributed by atoms with Crippen LogP contribution in [0.5, 0.6) is 11.5 Å². The molecule has 5 nitrogen and oxygen atoms in total. The summed E-state index contributed by atoms with van der Waals surface area (Å²) in [7, 11) is 2.94. The molecular formula is C16H21NO4. The average Bonchev–Trinajstić information content (AvgIpc) is 2.85. The van der Waals surface area contributed by atoms with Crippen molar-refractivity contribution in [3.63, 3.8) is 0 Å². The molecule has 0 amide bonds. The third kappa shape index (κ3) is 2.97. The van der Waals surface area contributed by atoms with Gasteiger partial charge in [-0.05, 0) is 43.9 Å². The Hall–Kier alpha value is -1.75. The van der Waals surface area contributed by atoms with Gasteiger partial charge in [-0.3, -0.25) is 0 Å². The third-order valence-corrected chi connectivity index (χ3v) is 4.31. The Morgan fingerprint density at radius 1 is 1.14 bits per heavy atom. The first kappa shape index (κ1) is 14.2. The van der Waals surface area contributed by atoms with Crippen molar-refractivity contribution in [3.05, 3.63) is 23.8 Å². The SMILES string of the molecule is COC(=O)c1ccc(OC2CC3CCC(C2)N3)c(OC)c1. The van der Waals surface area contributed by atoms with Crippen LogP contribution in [0.4, 0.5) is 0 Å². The predicted molar refractivity (Wildman–Crippen MR) is 77.9 cm³/mol. The molecule has 0 saturated carbocycles. The van der Waals surface area contributed by atoms with Gasteiger partial charge in [0.25, 0.3) is 0 Å². The van der Waals surface area contributed by atoms with Crippen molar-refractivity contribution in [2.24, 2.45) is 0 Å². The van der Waals surface area contributed by atoms with Crippen molar-refractivity contribution < 1.29 is 19.0 Å². The molecule has 2 unspecified atom stereocenters. The molecular weight excluding hydrogens is 270 g/mol. The minimum atomic E-state index is -0.375. The van der Waals surface area contributed by atoms with E-state index in [0.717, 1.165) is 12.8 Å². The highest BCUT2D eigenvalue weighted by atomic mass is 16.5.